The van der Waals surface area contributed by atoms with Gasteiger partial charge >= 0.3 is 0 Å². The number of carbonyl (C=O) groups is 4. The van der Waals surface area contributed by atoms with Crippen LogP contribution in [0.2, 0.25) is 0 Å². The van der Waals surface area contributed by atoms with Crippen LogP contribution in [0.1, 0.15) is 12.5 Å². The Morgan fingerprint density at radius 2 is 1.50 bits per heavy atom. The van der Waals surface area contributed by atoms with Gasteiger partial charge in [0, 0.05) is 25.3 Å². The molecule has 7 nitrogen and oxygen atoms in total. The smallest absolute Gasteiger partial charge is 0.293 e. The largest absolute Gasteiger partial charge is 0.351 e. The van der Waals surface area contributed by atoms with E-state index in [9.17, 15) is 19.2 Å². The number of thioether (sulfide) groups is 2. The molecule has 2 aromatic carbocycles. The Morgan fingerprint density at radius 3 is 2.16 bits per heavy atom. The molecule has 0 spiro atoms. The molecule has 9 heteroatoms. The molecule has 0 radical (unpaired) electrons. The molecule has 2 heterocycles. The molecule has 164 valence electrons. The molecule has 4 amide bonds. The van der Waals surface area contributed by atoms with Gasteiger partial charge < -0.3 is 4.90 Å². The molecule has 4 rings (SSSR count). The molecule has 0 aliphatic carbocycles. The third-order valence-corrected chi connectivity index (χ3v) is 7.15. The van der Waals surface area contributed by atoms with Gasteiger partial charge in [0.2, 0.25) is 0 Å². The van der Waals surface area contributed by atoms with Crippen LogP contribution in [0.3, 0.4) is 0 Å². The van der Waals surface area contributed by atoms with Gasteiger partial charge in [-0.2, -0.15) is 0 Å². The van der Waals surface area contributed by atoms with E-state index in [0.717, 1.165) is 44.6 Å². The normalized spacial score (nSPS) is 20.0. The fourth-order valence-electron chi connectivity index (χ4n) is 3.53. The van der Waals surface area contributed by atoms with Gasteiger partial charge in [0.15, 0.2) is 5.37 Å². The highest BCUT2D eigenvalue weighted by Crippen LogP contribution is 2.34. The molecule has 32 heavy (non-hydrogen) atoms. The van der Waals surface area contributed by atoms with E-state index in [0.29, 0.717) is 11.4 Å². The van der Waals surface area contributed by atoms with Gasteiger partial charge in [-0.1, -0.05) is 48.5 Å². The van der Waals surface area contributed by atoms with E-state index in [2.05, 4.69) is 0 Å². The van der Waals surface area contributed by atoms with E-state index < -0.39 is 16.5 Å². The maximum absolute atomic E-state index is 13.0. The van der Waals surface area contributed by atoms with Crippen LogP contribution in [0, 0.1) is 0 Å². The number of nitrogens with zero attached hydrogens (tertiary/aromatic N) is 3. The van der Waals surface area contributed by atoms with Crippen molar-refractivity contribution in [1.82, 2.24) is 9.80 Å². The number of anilines is 1. The number of carbonyl (C=O) groups excluding carboxylic acids is 4. The molecule has 0 saturated carbocycles. The van der Waals surface area contributed by atoms with Gasteiger partial charge in [0.1, 0.15) is 0 Å². The molecule has 2 saturated heterocycles. The third kappa shape index (κ3) is 4.44. The molecule has 2 aromatic rings. The van der Waals surface area contributed by atoms with Crippen LogP contribution in [0.5, 0.6) is 0 Å². The zero-order valence-corrected chi connectivity index (χ0v) is 19.0. The van der Waals surface area contributed by atoms with Crippen molar-refractivity contribution in [2.24, 2.45) is 0 Å². The Bertz CT molecular complexity index is 1080. The number of amides is 4. The number of likely N-dealkylation sites (N-methyl/N-ethyl adjacent to an activating group) is 1. The molecule has 1 atom stereocenters. The maximum Gasteiger partial charge on any atom is 0.293 e. The molecule has 0 N–H and O–H groups in total. The Labute approximate surface area is 194 Å². The Hall–Kier alpha value is -3.04. The second-order valence-corrected chi connectivity index (χ2v) is 9.12. The van der Waals surface area contributed by atoms with Crippen molar-refractivity contribution < 1.29 is 19.2 Å². The summed E-state index contributed by atoms with van der Waals surface area (Å²) in [7, 11) is 0. The SMILES string of the molecule is CCN(c1ccccc1)[C@H]1SC(=O)N(CCN2C(=O)S/C(=C/c3ccccc3)C2=O)C1=O. The second-order valence-electron chi connectivity index (χ2n) is 7.09. The van der Waals surface area contributed by atoms with E-state index in [-0.39, 0.29) is 24.2 Å². The van der Waals surface area contributed by atoms with Crippen molar-refractivity contribution in [2.75, 3.05) is 24.5 Å². The topological polar surface area (TPSA) is 78.0 Å². The van der Waals surface area contributed by atoms with Crippen LogP contribution in [0.15, 0.2) is 65.6 Å². The fraction of sp³-hybridized carbons (Fsp3) is 0.217. The monoisotopic (exact) mass is 467 g/mol. The lowest BCUT2D eigenvalue weighted by molar-refractivity contribution is -0.128. The van der Waals surface area contributed by atoms with Gasteiger partial charge in [-0.05, 0) is 54.2 Å². The van der Waals surface area contributed by atoms with Crippen LogP contribution in [-0.2, 0) is 9.59 Å². The van der Waals surface area contributed by atoms with Gasteiger partial charge in [-0.25, -0.2) is 0 Å². The Balaban J connectivity index is 1.43. The lowest BCUT2D eigenvalue weighted by Gasteiger charge is -2.27. The zero-order chi connectivity index (χ0) is 22.7. The summed E-state index contributed by atoms with van der Waals surface area (Å²) in [6.07, 6.45) is 1.67. The molecule has 0 bridgehead atoms. The van der Waals surface area contributed by atoms with E-state index >= 15 is 0 Å². The van der Waals surface area contributed by atoms with Crippen molar-refractivity contribution >= 4 is 57.6 Å². The quantitative estimate of drug-likeness (QED) is 0.563. The Kier molecular flexibility index (Phi) is 6.66. The van der Waals surface area contributed by atoms with Crippen molar-refractivity contribution in [3.8, 4) is 0 Å². The molecule has 2 fully saturated rings. The van der Waals surface area contributed by atoms with Crippen LogP contribution < -0.4 is 4.90 Å². The van der Waals surface area contributed by atoms with Crippen LogP contribution in [0.25, 0.3) is 6.08 Å². The Morgan fingerprint density at radius 1 is 0.875 bits per heavy atom. The van der Waals surface area contributed by atoms with E-state index in [4.69, 9.17) is 0 Å². The number of rotatable bonds is 7. The molecule has 0 aromatic heterocycles. The molecular weight excluding hydrogens is 446 g/mol. The highest BCUT2D eigenvalue weighted by Gasteiger charge is 2.44. The van der Waals surface area contributed by atoms with E-state index in [1.165, 1.54) is 0 Å². The predicted molar refractivity (Wildman–Crippen MR) is 127 cm³/mol. The van der Waals surface area contributed by atoms with Crippen LogP contribution in [0.4, 0.5) is 15.3 Å². The number of hydrogen-bond donors (Lipinski definition) is 0. The third-order valence-electron chi connectivity index (χ3n) is 5.14. The summed E-state index contributed by atoms with van der Waals surface area (Å²) in [5.74, 6) is -0.746. The first-order valence-corrected chi connectivity index (χ1v) is 11.8. The summed E-state index contributed by atoms with van der Waals surface area (Å²) >= 11 is 1.82. The lowest BCUT2D eigenvalue weighted by Crippen LogP contribution is -2.44. The molecular formula is C23H21N3O4S2. The summed E-state index contributed by atoms with van der Waals surface area (Å²) in [6.45, 7) is 2.43. The number of para-hydroxylation sites is 1. The minimum atomic E-state index is -0.664. The summed E-state index contributed by atoms with van der Waals surface area (Å²) in [5, 5.41) is -1.44. The number of hydrogen-bond acceptors (Lipinski definition) is 7. The average molecular weight is 468 g/mol. The fourth-order valence-corrected chi connectivity index (χ4v) is 5.52. The minimum absolute atomic E-state index is 0.0236. The summed E-state index contributed by atoms with van der Waals surface area (Å²) < 4.78 is 0. The van der Waals surface area contributed by atoms with Gasteiger partial charge in [-0.3, -0.25) is 29.0 Å². The first-order valence-electron chi connectivity index (χ1n) is 10.1. The van der Waals surface area contributed by atoms with Crippen molar-refractivity contribution in [3.63, 3.8) is 0 Å². The summed E-state index contributed by atoms with van der Waals surface area (Å²) in [4.78, 5) is 55.1. The van der Waals surface area contributed by atoms with Crippen molar-refractivity contribution in [1.29, 1.82) is 0 Å². The maximum atomic E-state index is 13.0. The van der Waals surface area contributed by atoms with Gasteiger partial charge in [0.05, 0.1) is 4.91 Å². The van der Waals surface area contributed by atoms with Crippen molar-refractivity contribution in [3.05, 3.63) is 71.1 Å². The summed E-state index contributed by atoms with van der Waals surface area (Å²) in [6, 6.07) is 18.7. The standard InChI is InChI=1S/C23H21N3O4S2/c1-2-24(17-11-7-4-8-12-17)21-20(28)26(23(30)32-21)14-13-25-19(27)18(31-22(25)29)15-16-9-5-3-6-10-16/h3-12,15,21H,2,13-14H2,1H3/b18-15+/t21-/m0/s1. The number of imide groups is 2. The number of benzene rings is 2. The first kappa shape index (κ1) is 22.2. The van der Waals surface area contributed by atoms with Crippen molar-refractivity contribution in [2.45, 2.75) is 12.3 Å². The van der Waals surface area contributed by atoms with Gasteiger partial charge in [-0.15, -0.1) is 0 Å². The van der Waals surface area contributed by atoms with Crippen LogP contribution >= 0.6 is 23.5 Å². The van der Waals surface area contributed by atoms with Crippen LogP contribution in [-0.4, -0.2) is 57.1 Å². The lowest BCUT2D eigenvalue weighted by atomic mass is 10.2. The second kappa shape index (κ2) is 9.62. The predicted octanol–water partition coefficient (Wildman–Crippen LogP) is 4.27. The molecule has 0 unspecified atom stereocenters. The molecule has 2 aliphatic rings. The molecule has 2 aliphatic heterocycles. The van der Waals surface area contributed by atoms with E-state index in [1.54, 1.807) is 6.08 Å². The first-order chi connectivity index (χ1) is 15.5. The van der Waals surface area contributed by atoms with E-state index in [1.807, 2.05) is 72.5 Å². The summed E-state index contributed by atoms with van der Waals surface area (Å²) in [5.41, 5.74) is 1.68. The highest BCUT2D eigenvalue weighted by molar-refractivity contribution is 8.18. The minimum Gasteiger partial charge on any atom is -0.351 e. The van der Waals surface area contributed by atoms with Gasteiger partial charge in [0.25, 0.3) is 22.3 Å². The average Bonchev–Trinajstić information content (AvgIpc) is 3.23. The zero-order valence-electron chi connectivity index (χ0n) is 17.3. The highest BCUT2D eigenvalue weighted by atomic mass is 32.2.